The van der Waals surface area contributed by atoms with Crippen molar-refractivity contribution >= 4 is 59.6 Å². The number of hydrogen-bond donors (Lipinski definition) is 2. The molecule has 9 heteroatoms. The zero-order valence-electron chi connectivity index (χ0n) is 13.6. The van der Waals surface area contributed by atoms with Crippen molar-refractivity contribution in [3.63, 3.8) is 0 Å². The van der Waals surface area contributed by atoms with Crippen LogP contribution in [0.15, 0.2) is 49.8 Å². The average molecular weight is 551 g/mol. The molecule has 0 spiro atoms. The summed E-state index contributed by atoms with van der Waals surface area (Å²) in [4.78, 5) is 24.2. The minimum Gasteiger partial charge on any atom is -0.493 e. The molecular formula is C17H15Br3N2O4. The van der Waals surface area contributed by atoms with Crippen LogP contribution in [0.1, 0.15) is 17.3 Å². The summed E-state index contributed by atoms with van der Waals surface area (Å²) in [7, 11) is 0. The van der Waals surface area contributed by atoms with E-state index in [1.807, 2.05) is 6.92 Å². The number of benzene rings is 2. The molecule has 2 N–H and O–H groups in total. The molecule has 0 atom stereocenters. The van der Waals surface area contributed by atoms with Gasteiger partial charge in [-0.15, -0.1) is 0 Å². The van der Waals surface area contributed by atoms with Crippen LogP contribution in [0, 0.1) is 0 Å². The number of carbonyl (C=O) groups is 2. The summed E-state index contributed by atoms with van der Waals surface area (Å²) in [6.07, 6.45) is 0. The number of hydrogen-bond acceptors (Lipinski definition) is 4. The smallest absolute Gasteiger partial charge is 0.276 e. The van der Waals surface area contributed by atoms with E-state index in [-0.39, 0.29) is 6.61 Å². The zero-order valence-corrected chi connectivity index (χ0v) is 18.4. The summed E-state index contributed by atoms with van der Waals surface area (Å²) in [5.41, 5.74) is 4.96. The molecule has 138 valence electrons. The van der Waals surface area contributed by atoms with Gasteiger partial charge in [0.25, 0.3) is 11.8 Å². The first-order valence-electron chi connectivity index (χ1n) is 7.50. The van der Waals surface area contributed by atoms with Gasteiger partial charge < -0.3 is 9.47 Å². The summed E-state index contributed by atoms with van der Waals surface area (Å²) < 4.78 is 13.1. The van der Waals surface area contributed by atoms with Crippen molar-refractivity contribution in [1.82, 2.24) is 10.9 Å². The first kappa shape index (κ1) is 20.7. The van der Waals surface area contributed by atoms with Crippen LogP contribution >= 0.6 is 47.8 Å². The first-order valence-corrected chi connectivity index (χ1v) is 9.88. The van der Waals surface area contributed by atoms with E-state index in [2.05, 4.69) is 58.6 Å². The van der Waals surface area contributed by atoms with Crippen molar-refractivity contribution in [2.45, 2.75) is 6.92 Å². The summed E-state index contributed by atoms with van der Waals surface area (Å²) >= 11 is 9.99. The van der Waals surface area contributed by atoms with E-state index in [1.54, 1.807) is 36.4 Å². The molecular weight excluding hydrogens is 536 g/mol. The predicted octanol–water partition coefficient (Wildman–Crippen LogP) is 4.21. The van der Waals surface area contributed by atoms with Crippen LogP contribution in [0.4, 0.5) is 0 Å². The fraction of sp³-hybridized carbons (Fsp3) is 0.176. The highest BCUT2D eigenvalue weighted by atomic mass is 79.9. The molecule has 0 fully saturated rings. The first-order chi connectivity index (χ1) is 12.4. The summed E-state index contributed by atoms with van der Waals surface area (Å²) in [6, 6.07) is 10.4. The Morgan fingerprint density at radius 3 is 2.23 bits per heavy atom. The Bertz CT molecular complexity index is 815. The van der Waals surface area contributed by atoms with E-state index in [0.29, 0.717) is 28.1 Å². The maximum atomic E-state index is 12.3. The fourth-order valence-electron chi connectivity index (χ4n) is 1.93. The predicted molar refractivity (Wildman–Crippen MR) is 108 cm³/mol. The van der Waals surface area contributed by atoms with Crippen LogP contribution in [0.3, 0.4) is 0 Å². The van der Waals surface area contributed by atoms with Gasteiger partial charge >= 0.3 is 0 Å². The van der Waals surface area contributed by atoms with Gasteiger partial charge in [0.05, 0.1) is 16.6 Å². The van der Waals surface area contributed by atoms with Gasteiger partial charge in [-0.25, -0.2) is 0 Å². The highest BCUT2D eigenvalue weighted by molar-refractivity contribution is 9.11. The second kappa shape index (κ2) is 9.94. The number of rotatable bonds is 6. The molecule has 0 bridgehead atoms. The summed E-state index contributed by atoms with van der Waals surface area (Å²) in [5, 5.41) is 0. The zero-order chi connectivity index (χ0) is 19.1. The molecule has 0 saturated heterocycles. The molecule has 0 unspecified atom stereocenters. The topological polar surface area (TPSA) is 76.7 Å². The Morgan fingerprint density at radius 2 is 1.58 bits per heavy atom. The van der Waals surface area contributed by atoms with E-state index >= 15 is 0 Å². The molecule has 0 aromatic heterocycles. The molecule has 6 nitrogen and oxygen atoms in total. The Labute approximate surface area is 176 Å². The summed E-state index contributed by atoms with van der Waals surface area (Å²) in [5.74, 6) is -0.0492. The van der Waals surface area contributed by atoms with Gasteiger partial charge in [-0.05, 0) is 59.3 Å². The Hall–Kier alpha value is -1.58. The Kier molecular flexibility index (Phi) is 7.92. The van der Waals surface area contributed by atoms with Crippen molar-refractivity contribution in [3.05, 3.63) is 55.4 Å². The van der Waals surface area contributed by atoms with Gasteiger partial charge in [0, 0.05) is 8.95 Å². The maximum absolute atomic E-state index is 12.3. The third-order valence-corrected chi connectivity index (χ3v) is 4.66. The van der Waals surface area contributed by atoms with Gasteiger partial charge in [-0.3, -0.25) is 20.4 Å². The summed E-state index contributed by atoms with van der Waals surface area (Å²) in [6.45, 7) is 1.99. The maximum Gasteiger partial charge on any atom is 0.276 e. The number of amides is 2. The van der Waals surface area contributed by atoms with Gasteiger partial charge in [0.15, 0.2) is 6.61 Å². The van der Waals surface area contributed by atoms with Crippen molar-refractivity contribution in [1.29, 1.82) is 0 Å². The SMILES string of the molecule is CCOc1ccc(Br)cc1C(=O)NNC(=O)COc1ccc(Br)cc1Br. The lowest BCUT2D eigenvalue weighted by Gasteiger charge is -2.12. The number of hydrazine groups is 1. The molecule has 2 amide bonds. The molecule has 0 aliphatic rings. The molecule has 26 heavy (non-hydrogen) atoms. The van der Waals surface area contributed by atoms with Crippen LogP contribution in [0.2, 0.25) is 0 Å². The highest BCUT2D eigenvalue weighted by Crippen LogP contribution is 2.28. The van der Waals surface area contributed by atoms with Gasteiger partial charge in [-0.1, -0.05) is 31.9 Å². The van der Waals surface area contributed by atoms with Gasteiger partial charge in [0.1, 0.15) is 11.5 Å². The third kappa shape index (κ3) is 6.00. The van der Waals surface area contributed by atoms with Gasteiger partial charge in [-0.2, -0.15) is 0 Å². The van der Waals surface area contributed by atoms with Crippen LogP contribution < -0.4 is 20.3 Å². The highest BCUT2D eigenvalue weighted by Gasteiger charge is 2.14. The lowest BCUT2D eigenvalue weighted by atomic mass is 10.2. The van der Waals surface area contributed by atoms with E-state index in [0.717, 1.165) is 8.95 Å². The fourth-order valence-corrected chi connectivity index (χ4v) is 3.45. The second-order valence-corrected chi connectivity index (χ2v) is 7.62. The standard InChI is InChI=1S/C17H15Br3N2O4/c1-2-25-14-5-3-10(18)7-12(14)17(24)22-21-16(23)9-26-15-6-4-11(19)8-13(15)20/h3-8H,2,9H2,1H3,(H,21,23)(H,22,24). The van der Waals surface area contributed by atoms with Crippen LogP contribution in [-0.2, 0) is 4.79 Å². The molecule has 2 aromatic rings. The monoisotopic (exact) mass is 548 g/mol. The van der Waals surface area contributed by atoms with Crippen molar-refractivity contribution < 1.29 is 19.1 Å². The minimum atomic E-state index is -0.499. The van der Waals surface area contributed by atoms with E-state index < -0.39 is 11.8 Å². The third-order valence-electron chi connectivity index (χ3n) is 3.05. The molecule has 2 rings (SSSR count). The number of nitrogens with one attached hydrogen (secondary N) is 2. The Morgan fingerprint density at radius 1 is 0.923 bits per heavy atom. The number of halogens is 3. The average Bonchev–Trinajstić information content (AvgIpc) is 2.60. The lowest BCUT2D eigenvalue weighted by molar-refractivity contribution is -0.123. The molecule has 0 radical (unpaired) electrons. The molecule has 0 heterocycles. The van der Waals surface area contributed by atoms with Crippen LogP contribution in [-0.4, -0.2) is 25.0 Å². The largest absolute Gasteiger partial charge is 0.493 e. The second-order valence-electron chi connectivity index (χ2n) is 4.94. The van der Waals surface area contributed by atoms with Crippen molar-refractivity contribution in [2.75, 3.05) is 13.2 Å². The number of ether oxygens (including phenoxy) is 2. The van der Waals surface area contributed by atoms with E-state index in [4.69, 9.17) is 9.47 Å². The molecule has 0 aliphatic carbocycles. The molecule has 0 aliphatic heterocycles. The van der Waals surface area contributed by atoms with Crippen molar-refractivity contribution in [3.8, 4) is 11.5 Å². The minimum absolute atomic E-state index is 0.253. The molecule has 0 saturated carbocycles. The Balaban J connectivity index is 1.91. The van der Waals surface area contributed by atoms with E-state index in [1.165, 1.54) is 0 Å². The van der Waals surface area contributed by atoms with E-state index in [9.17, 15) is 9.59 Å². The number of carbonyl (C=O) groups excluding carboxylic acids is 2. The van der Waals surface area contributed by atoms with Gasteiger partial charge in [0.2, 0.25) is 0 Å². The quantitative estimate of drug-likeness (QED) is 0.528. The molecule has 2 aromatic carbocycles. The van der Waals surface area contributed by atoms with Crippen LogP contribution in [0.25, 0.3) is 0 Å². The van der Waals surface area contributed by atoms with Crippen molar-refractivity contribution in [2.24, 2.45) is 0 Å². The lowest BCUT2D eigenvalue weighted by Crippen LogP contribution is -2.44. The normalized spacial score (nSPS) is 10.2. The van der Waals surface area contributed by atoms with Crippen LogP contribution in [0.5, 0.6) is 11.5 Å².